The summed E-state index contributed by atoms with van der Waals surface area (Å²) in [6.07, 6.45) is 4.98. The molecule has 0 aromatic rings. The maximum Gasteiger partial charge on any atom is 0.481 e. The van der Waals surface area contributed by atoms with Crippen LogP contribution in [0, 0.1) is 0 Å². The number of phosphoric acid groups is 2. The van der Waals surface area contributed by atoms with Crippen LogP contribution in [0.3, 0.4) is 0 Å². The van der Waals surface area contributed by atoms with Crippen LogP contribution in [0.5, 0.6) is 0 Å². The number of hydrogen-bond acceptors (Lipinski definition) is 6. The average molecular weight is 374 g/mol. The fraction of sp³-hybridized carbons (Fsp3) is 0.667. The van der Waals surface area contributed by atoms with Gasteiger partial charge in [-0.15, -0.1) is 0 Å². The Kier molecular flexibility index (Phi) is 11.1. The Hall–Kier alpha value is -0.340. The van der Waals surface area contributed by atoms with Gasteiger partial charge in [0.15, 0.2) is 0 Å². The predicted octanol–water partition coefficient (Wildman–Crippen LogP) is 2.51. The van der Waals surface area contributed by atoms with E-state index in [0.29, 0.717) is 13.0 Å². The van der Waals surface area contributed by atoms with E-state index in [1.54, 1.807) is 14.0 Å². The van der Waals surface area contributed by atoms with Crippen molar-refractivity contribution < 1.29 is 42.1 Å². The van der Waals surface area contributed by atoms with Crippen molar-refractivity contribution in [3.05, 3.63) is 23.3 Å². The molecule has 0 aromatic heterocycles. The van der Waals surface area contributed by atoms with Crippen LogP contribution in [0.1, 0.15) is 26.7 Å². The van der Waals surface area contributed by atoms with Crippen molar-refractivity contribution in [2.75, 3.05) is 27.1 Å². The van der Waals surface area contributed by atoms with Crippen molar-refractivity contribution >= 4 is 15.6 Å². The third-order valence-electron chi connectivity index (χ3n) is 2.44. The molecular formula is C12H24O9P2. The lowest BCUT2D eigenvalue weighted by Gasteiger charge is -2.11. The lowest BCUT2D eigenvalue weighted by Crippen LogP contribution is -1.99. The van der Waals surface area contributed by atoms with Gasteiger partial charge < -0.3 is 24.2 Å². The Bertz CT molecular complexity index is 495. The van der Waals surface area contributed by atoms with Crippen molar-refractivity contribution in [1.29, 1.82) is 0 Å². The number of allylic oxidation sites excluding steroid dienone is 2. The normalized spacial score (nSPS) is 16.4. The second-order valence-electron chi connectivity index (χ2n) is 4.73. The van der Waals surface area contributed by atoms with Gasteiger partial charge in [-0.3, -0.25) is 4.52 Å². The molecular weight excluding hydrogens is 350 g/mol. The molecule has 0 aliphatic rings. The number of methoxy groups -OCH3 is 1. The van der Waals surface area contributed by atoms with E-state index in [-0.39, 0.29) is 13.4 Å². The molecule has 1 unspecified atom stereocenters. The van der Waals surface area contributed by atoms with Crippen LogP contribution in [0.2, 0.25) is 0 Å². The Labute approximate surface area is 135 Å². The molecule has 0 radical (unpaired) electrons. The lowest BCUT2D eigenvalue weighted by atomic mass is 10.1. The molecule has 0 aliphatic heterocycles. The largest absolute Gasteiger partial charge is 0.481 e. The molecule has 0 saturated carbocycles. The Morgan fingerprint density at radius 2 is 1.74 bits per heavy atom. The van der Waals surface area contributed by atoms with Crippen molar-refractivity contribution in [3.63, 3.8) is 0 Å². The number of rotatable bonds is 12. The molecule has 11 heteroatoms. The summed E-state index contributed by atoms with van der Waals surface area (Å²) in [7, 11) is -8.31. The predicted molar refractivity (Wildman–Crippen MR) is 83.5 cm³/mol. The monoisotopic (exact) mass is 374 g/mol. The van der Waals surface area contributed by atoms with Gasteiger partial charge in [-0.25, -0.2) is 9.13 Å². The summed E-state index contributed by atoms with van der Waals surface area (Å²) < 4.78 is 39.7. The maximum atomic E-state index is 11.2. The van der Waals surface area contributed by atoms with E-state index in [1.807, 2.05) is 13.0 Å². The molecule has 23 heavy (non-hydrogen) atoms. The molecule has 0 saturated heterocycles. The van der Waals surface area contributed by atoms with Gasteiger partial charge in [-0.2, -0.15) is 4.31 Å². The molecule has 136 valence electrons. The van der Waals surface area contributed by atoms with Crippen molar-refractivity contribution in [2.24, 2.45) is 0 Å². The van der Waals surface area contributed by atoms with Gasteiger partial charge in [-0.05, 0) is 26.7 Å². The average Bonchev–Trinajstić information content (AvgIpc) is 2.35. The summed E-state index contributed by atoms with van der Waals surface area (Å²) in [6, 6.07) is 0. The fourth-order valence-electron chi connectivity index (χ4n) is 1.42. The van der Waals surface area contributed by atoms with Gasteiger partial charge in [0.25, 0.3) is 0 Å². The summed E-state index contributed by atoms with van der Waals surface area (Å²) in [4.78, 5) is 26.0. The Balaban J connectivity index is 4.10. The standard InChI is InChI=1S/C12H24O9P2/c1-11(5-4-6-12(2)9-19-10-18-3)7-8-20-23(16,17)21-22(13,14)15/h6-7H,4-5,8-10H2,1-3H3,(H,16,17)(H2,13,14,15)/b11-7+,12-6+. The second-order valence-corrected chi connectivity index (χ2v) is 7.56. The fourth-order valence-corrected chi connectivity index (χ4v) is 2.95. The van der Waals surface area contributed by atoms with Crippen LogP contribution in [-0.2, 0) is 27.4 Å². The van der Waals surface area contributed by atoms with Gasteiger partial charge in [0.1, 0.15) is 6.79 Å². The van der Waals surface area contributed by atoms with Crippen molar-refractivity contribution in [1.82, 2.24) is 0 Å². The first-order valence-corrected chi connectivity index (χ1v) is 9.70. The summed E-state index contributed by atoms with van der Waals surface area (Å²) >= 11 is 0. The third kappa shape index (κ3) is 15.0. The summed E-state index contributed by atoms with van der Waals surface area (Å²) in [6.45, 7) is 4.16. The Morgan fingerprint density at radius 1 is 1.09 bits per heavy atom. The molecule has 0 aliphatic carbocycles. The summed E-state index contributed by atoms with van der Waals surface area (Å²) in [5, 5.41) is 0. The zero-order chi connectivity index (χ0) is 17.9. The second kappa shape index (κ2) is 11.3. The van der Waals surface area contributed by atoms with Crippen molar-refractivity contribution in [2.45, 2.75) is 26.7 Å². The van der Waals surface area contributed by atoms with Crippen LogP contribution in [0.15, 0.2) is 23.3 Å². The molecule has 0 aromatic carbocycles. The minimum absolute atomic E-state index is 0.235. The first kappa shape index (κ1) is 22.7. The first-order chi connectivity index (χ1) is 10.6. The first-order valence-electron chi connectivity index (χ1n) is 6.68. The highest BCUT2D eigenvalue weighted by molar-refractivity contribution is 7.60. The molecule has 0 amide bonds. The maximum absolute atomic E-state index is 11.2. The topological polar surface area (TPSA) is 132 Å². The molecule has 0 bridgehead atoms. The van der Waals surface area contributed by atoms with Crippen LogP contribution >= 0.6 is 15.6 Å². The van der Waals surface area contributed by atoms with E-state index >= 15 is 0 Å². The molecule has 0 heterocycles. The molecule has 0 rings (SSSR count). The third-order valence-corrected chi connectivity index (χ3v) is 4.59. The molecule has 1 atom stereocenters. The van der Waals surface area contributed by atoms with Crippen LogP contribution in [0.4, 0.5) is 0 Å². The van der Waals surface area contributed by atoms with Gasteiger partial charge in [-0.1, -0.05) is 23.3 Å². The highest BCUT2D eigenvalue weighted by Crippen LogP contribution is 2.57. The molecule has 9 nitrogen and oxygen atoms in total. The smallest absolute Gasteiger partial charge is 0.359 e. The van der Waals surface area contributed by atoms with E-state index in [4.69, 9.17) is 24.2 Å². The minimum atomic E-state index is -5.08. The van der Waals surface area contributed by atoms with Gasteiger partial charge >= 0.3 is 15.6 Å². The molecule has 0 fully saturated rings. The van der Waals surface area contributed by atoms with E-state index in [0.717, 1.165) is 17.6 Å². The Morgan fingerprint density at radius 3 is 2.30 bits per heavy atom. The highest BCUT2D eigenvalue weighted by atomic mass is 31.3. The van der Waals surface area contributed by atoms with Gasteiger partial charge in [0, 0.05) is 7.11 Å². The van der Waals surface area contributed by atoms with Gasteiger partial charge in [0.05, 0.1) is 13.2 Å². The summed E-state index contributed by atoms with van der Waals surface area (Å²) in [5.41, 5.74) is 1.95. The van der Waals surface area contributed by atoms with E-state index in [2.05, 4.69) is 8.83 Å². The molecule has 0 spiro atoms. The zero-order valence-corrected chi connectivity index (χ0v) is 15.2. The van der Waals surface area contributed by atoms with E-state index in [9.17, 15) is 9.13 Å². The van der Waals surface area contributed by atoms with E-state index < -0.39 is 15.6 Å². The SMILES string of the molecule is COCOC/C(C)=C/CC/C(C)=C/COP(=O)(O)OP(=O)(O)O. The van der Waals surface area contributed by atoms with E-state index in [1.165, 1.54) is 6.08 Å². The van der Waals surface area contributed by atoms with Crippen LogP contribution < -0.4 is 0 Å². The van der Waals surface area contributed by atoms with Gasteiger partial charge in [0.2, 0.25) is 0 Å². The summed E-state index contributed by atoms with van der Waals surface area (Å²) in [5.74, 6) is 0. The van der Waals surface area contributed by atoms with Crippen molar-refractivity contribution in [3.8, 4) is 0 Å². The number of hydrogen-bond donors (Lipinski definition) is 3. The van der Waals surface area contributed by atoms with Crippen LogP contribution in [0.25, 0.3) is 0 Å². The minimum Gasteiger partial charge on any atom is -0.359 e. The highest BCUT2D eigenvalue weighted by Gasteiger charge is 2.31. The number of ether oxygens (including phenoxy) is 2. The lowest BCUT2D eigenvalue weighted by molar-refractivity contribution is -0.0211. The van der Waals surface area contributed by atoms with Crippen LogP contribution in [-0.4, -0.2) is 41.8 Å². The number of phosphoric ester groups is 1. The molecule has 3 N–H and O–H groups in total. The zero-order valence-electron chi connectivity index (χ0n) is 13.4. The quantitative estimate of drug-likeness (QED) is 0.204.